The number of ether oxygens (including phenoxy) is 4. The summed E-state index contributed by atoms with van der Waals surface area (Å²) >= 11 is 0. The van der Waals surface area contributed by atoms with Crippen LogP contribution in [0.3, 0.4) is 0 Å². The van der Waals surface area contributed by atoms with Crippen molar-refractivity contribution in [3.8, 4) is 23.0 Å². The van der Waals surface area contributed by atoms with Gasteiger partial charge in [0, 0.05) is 23.8 Å². The molecule has 158 valence electrons. The Hall–Kier alpha value is -3.21. The minimum absolute atomic E-state index is 0.0330. The minimum atomic E-state index is -3.82. The van der Waals surface area contributed by atoms with Crippen LogP contribution in [0.2, 0.25) is 0 Å². The maximum absolute atomic E-state index is 12.5. The van der Waals surface area contributed by atoms with E-state index in [2.05, 4.69) is 4.72 Å². The van der Waals surface area contributed by atoms with Gasteiger partial charge >= 0.3 is 5.69 Å². The molecular formula is C18H22N2O8S. The summed E-state index contributed by atoms with van der Waals surface area (Å²) in [5.41, 5.74) is 0.277. The van der Waals surface area contributed by atoms with Gasteiger partial charge in [-0.1, -0.05) is 0 Å². The van der Waals surface area contributed by atoms with Crippen molar-refractivity contribution < 1.29 is 32.3 Å². The lowest BCUT2D eigenvalue weighted by atomic mass is 10.1. The van der Waals surface area contributed by atoms with E-state index in [0.717, 1.165) is 6.07 Å². The van der Waals surface area contributed by atoms with Crippen molar-refractivity contribution in [1.82, 2.24) is 0 Å². The van der Waals surface area contributed by atoms with E-state index in [9.17, 15) is 18.5 Å². The summed E-state index contributed by atoms with van der Waals surface area (Å²) in [6, 6.07) is 7.07. The summed E-state index contributed by atoms with van der Waals surface area (Å²) < 4.78 is 48.1. The first-order chi connectivity index (χ1) is 13.7. The predicted molar refractivity (Wildman–Crippen MR) is 107 cm³/mol. The van der Waals surface area contributed by atoms with Crippen molar-refractivity contribution in [3.63, 3.8) is 0 Å². The number of anilines is 1. The molecule has 1 N–H and O–H groups in total. The zero-order valence-electron chi connectivity index (χ0n) is 16.4. The molecule has 0 atom stereocenters. The Morgan fingerprint density at radius 1 is 0.931 bits per heavy atom. The Morgan fingerprint density at radius 2 is 1.52 bits per heavy atom. The molecule has 0 saturated heterocycles. The van der Waals surface area contributed by atoms with Crippen LogP contribution in [0.1, 0.15) is 5.56 Å². The SMILES string of the molecule is COc1cc(OC)c(CCS(=O)(=O)Nc2ccc(OC)c([N+](=O)[O-])c2)c(OC)c1. The second-order valence-electron chi connectivity index (χ2n) is 5.83. The van der Waals surface area contributed by atoms with Crippen molar-refractivity contribution in [2.24, 2.45) is 0 Å². The van der Waals surface area contributed by atoms with Gasteiger partial charge in [0.2, 0.25) is 10.0 Å². The van der Waals surface area contributed by atoms with E-state index in [4.69, 9.17) is 18.9 Å². The van der Waals surface area contributed by atoms with Gasteiger partial charge < -0.3 is 18.9 Å². The number of sulfonamides is 1. The summed E-state index contributed by atoms with van der Waals surface area (Å²) in [7, 11) is 1.89. The van der Waals surface area contributed by atoms with Gasteiger partial charge in [-0.2, -0.15) is 0 Å². The summed E-state index contributed by atoms with van der Waals surface area (Å²) in [5.74, 6) is 1.10. The zero-order valence-corrected chi connectivity index (χ0v) is 17.2. The summed E-state index contributed by atoms with van der Waals surface area (Å²) in [5, 5.41) is 11.1. The van der Waals surface area contributed by atoms with Crippen molar-refractivity contribution in [3.05, 3.63) is 46.0 Å². The number of nitro groups is 1. The maximum atomic E-state index is 12.5. The fraction of sp³-hybridized carbons (Fsp3) is 0.333. The quantitative estimate of drug-likeness (QED) is 0.454. The standard InChI is InChI=1S/C18H22N2O8S/c1-25-13-10-17(27-3)14(18(11-13)28-4)7-8-29(23,24)19-12-5-6-16(26-2)15(9-12)20(21)22/h5-6,9-11,19H,7-8H2,1-4H3. The van der Waals surface area contributed by atoms with Gasteiger partial charge in [-0.15, -0.1) is 0 Å². The average Bonchev–Trinajstić information content (AvgIpc) is 2.71. The molecule has 0 saturated carbocycles. The lowest BCUT2D eigenvalue weighted by Crippen LogP contribution is -2.19. The van der Waals surface area contributed by atoms with Crippen LogP contribution in [0.5, 0.6) is 23.0 Å². The fourth-order valence-electron chi connectivity index (χ4n) is 2.69. The molecule has 2 rings (SSSR count). The van der Waals surface area contributed by atoms with E-state index in [1.54, 1.807) is 12.1 Å². The van der Waals surface area contributed by atoms with E-state index in [-0.39, 0.29) is 29.3 Å². The Labute approximate surface area is 168 Å². The molecule has 0 unspecified atom stereocenters. The highest BCUT2D eigenvalue weighted by Crippen LogP contribution is 2.35. The summed E-state index contributed by atoms with van der Waals surface area (Å²) in [4.78, 5) is 10.5. The number of rotatable bonds is 10. The highest BCUT2D eigenvalue weighted by atomic mass is 32.2. The van der Waals surface area contributed by atoms with Gasteiger partial charge in [0.1, 0.15) is 17.2 Å². The molecule has 0 aliphatic heterocycles. The van der Waals surface area contributed by atoms with Crippen LogP contribution in [-0.4, -0.2) is 47.5 Å². The molecule has 10 nitrogen and oxygen atoms in total. The van der Waals surface area contributed by atoms with Crippen molar-refractivity contribution in [2.75, 3.05) is 38.9 Å². The Kier molecular flexibility index (Phi) is 7.10. The van der Waals surface area contributed by atoms with Crippen LogP contribution in [0.25, 0.3) is 0 Å². The molecule has 0 bridgehead atoms. The number of nitrogens with zero attached hydrogens (tertiary/aromatic N) is 1. The first-order valence-electron chi connectivity index (χ1n) is 8.36. The van der Waals surface area contributed by atoms with Gasteiger partial charge in [0.25, 0.3) is 0 Å². The monoisotopic (exact) mass is 426 g/mol. The average molecular weight is 426 g/mol. The summed E-state index contributed by atoms with van der Waals surface area (Å²) in [6.45, 7) is 0. The van der Waals surface area contributed by atoms with Gasteiger partial charge in [0.15, 0.2) is 5.75 Å². The fourth-order valence-corrected chi connectivity index (χ4v) is 3.75. The predicted octanol–water partition coefficient (Wildman–Crippen LogP) is 2.61. The maximum Gasteiger partial charge on any atom is 0.312 e. The van der Waals surface area contributed by atoms with Crippen LogP contribution < -0.4 is 23.7 Å². The molecule has 0 fully saturated rings. The van der Waals surface area contributed by atoms with Crippen LogP contribution in [0.4, 0.5) is 11.4 Å². The van der Waals surface area contributed by atoms with Gasteiger partial charge in [-0.3, -0.25) is 14.8 Å². The lowest BCUT2D eigenvalue weighted by Gasteiger charge is -2.15. The largest absolute Gasteiger partial charge is 0.496 e. The van der Waals surface area contributed by atoms with E-state index in [1.807, 2.05) is 0 Å². The Bertz CT molecular complexity index is 966. The molecule has 0 aromatic heterocycles. The molecule has 0 aliphatic carbocycles. The third-order valence-electron chi connectivity index (χ3n) is 4.09. The lowest BCUT2D eigenvalue weighted by molar-refractivity contribution is -0.385. The van der Waals surface area contributed by atoms with Crippen molar-refractivity contribution in [2.45, 2.75) is 6.42 Å². The van der Waals surface area contributed by atoms with Gasteiger partial charge in [-0.25, -0.2) is 8.42 Å². The first kappa shape index (κ1) is 22.1. The van der Waals surface area contributed by atoms with Crippen LogP contribution in [-0.2, 0) is 16.4 Å². The molecule has 0 radical (unpaired) electrons. The van der Waals surface area contributed by atoms with E-state index in [1.165, 1.54) is 40.6 Å². The molecule has 2 aromatic carbocycles. The van der Waals surface area contributed by atoms with Crippen LogP contribution >= 0.6 is 0 Å². The highest BCUT2D eigenvalue weighted by Gasteiger charge is 2.20. The second-order valence-corrected chi connectivity index (χ2v) is 7.67. The normalized spacial score (nSPS) is 10.9. The molecule has 0 spiro atoms. The number of benzene rings is 2. The minimum Gasteiger partial charge on any atom is -0.496 e. The van der Waals surface area contributed by atoms with E-state index < -0.39 is 14.9 Å². The van der Waals surface area contributed by atoms with E-state index in [0.29, 0.717) is 22.8 Å². The topological polar surface area (TPSA) is 126 Å². The molecule has 0 aliphatic rings. The third kappa shape index (κ3) is 5.41. The van der Waals surface area contributed by atoms with Crippen molar-refractivity contribution >= 4 is 21.4 Å². The van der Waals surface area contributed by atoms with Crippen molar-refractivity contribution in [1.29, 1.82) is 0 Å². The molecule has 0 heterocycles. The smallest absolute Gasteiger partial charge is 0.312 e. The number of hydrogen-bond donors (Lipinski definition) is 1. The number of nitrogens with one attached hydrogen (secondary N) is 1. The second kappa shape index (κ2) is 9.32. The Morgan fingerprint density at radius 3 is 2.00 bits per heavy atom. The molecule has 29 heavy (non-hydrogen) atoms. The van der Waals surface area contributed by atoms with E-state index >= 15 is 0 Å². The molecule has 11 heteroatoms. The molecule has 0 amide bonds. The first-order valence-corrected chi connectivity index (χ1v) is 10.0. The number of nitro benzene ring substituents is 1. The molecule has 2 aromatic rings. The number of hydrogen-bond acceptors (Lipinski definition) is 8. The third-order valence-corrected chi connectivity index (χ3v) is 5.38. The van der Waals surface area contributed by atoms with Gasteiger partial charge in [0.05, 0.1) is 44.8 Å². The Balaban J connectivity index is 2.23. The van der Waals surface area contributed by atoms with Crippen LogP contribution in [0.15, 0.2) is 30.3 Å². The number of methoxy groups -OCH3 is 4. The van der Waals surface area contributed by atoms with Gasteiger partial charge in [-0.05, 0) is 18.6 Å². The zero-order chi connectivity index (χ0) is 21.6. The highest BCUT2D eigenvalue weighted by molar-refractivity contribution is 7.92. The summed E-state index contributed by atoms with van der Waals surface area (Å²) in [6.07, 6.45) is 0.0872. The van der Waals surface area contributed by atoms with Crippen LogP contribution in [0, 0.1) is 10.1 Å². The molecular weight excluding hydrogens is 404 g/mol.